The monoisotopic (exact) mass is 579 g/mol. The van der Waals surface area contributed by atoms with Crippen molar-refractivity contribution in [3.8, 4) is 17.1 Å². The van der Waals surface area contributed by atoms with Crippen molar-refractivity contribution in [2.45, 2.75) is 40.3 Å². The van der Waals surface area contributed by atoms with Crippen molar-refractivity contribution < 1.29 is 9.53 Å². The number of fused-ring (bicyclic) bond motifs is 1. The van der Waals surface area contributed by atoms with E-state index in [1.165, 1.54) is 0 Å². The van der Waals surface area contributed by atoms with E-state index in [0.29, 0.717) is 42.6 Å². The zero-order valence-electron chi connectivity index (χ0n) is 21.2. The molecule has 4 aromatic rings. The molecule has 37 heavy (non-hydrogen) atoms. The molecule has 0 bridgehead atoms. The number of carbonyl (C=O) groups is 1. The predicted octanol–water partition coefficient (Wildman–Crippen LogP) is 6.00. The van der Waals surface area contributed by atoms with Gasteiger partial charge in [-0.05, 0) is 56.0 Å². The molecule has 2 aromatic heterocycles. The summed E-state index contributed by atoms with van der Waals surface area (Å²) in [5.74, 6) is 0.438. The first kappa shape index (κ1) is 25.4. The zero-order chi connectivity index (χ0) is 26.3. The maximum atomic E-state index is 13.9. The number of pyridine rings is 1. The van der Waals surface area contributed by atoms with Crippen molar-refractivity contribution in [1.82, 2.24) is 24.9 Å². The Kier molecular flexibility index (Phi) is 7.05. The third kappa shape index (κ3) is 4.88. The number of ether oxygens (including phenoxy) is 1. The van der Waals surface area contributed by atoms with Gasteiger partial charge in [-0.2, -0.15) is 0 Å². The van der Waals surface area contributed by atoms with E-state index >= 15 is 0 Å². The summed E-state index contributed by atoms with van der Waals surface area (Å²) in [6.45, 7) is 7.21. The number of nitrogens with zero attached hydrogens (tertiary/aromatic N) is 5. The van der Waals surface area contributed by atoms with Crippen molar-refractivity contribution in [3.63, 3.8) is 0 Å². The van der Waals surface area contributed by atoms with Crippen LogP contribution in [0.3, 0.4) is 0 Å². The molecule has 0 N–H and O–H groups in total. The number of hydrogen-bond donors (Lipinski definition) is 0. The van der Waals surface area contributed by atoms with Crippen molar-refractivity contribution >= 4 is 33.4 Å². The summed E-state index contributed by atoms with van der Waals surface area (Å²) in [4.78, 5) is 20.4. The van der Waals surface area contributed by atoms with Crippen LogP contribution in [0.5, 0.6) is 5.88 Å². The molecule has 0 atom stereocenters. The van der Waals surface area contributed by atoms with Crippen LogP contribution in [0.25, 0.3) is 11.3 Å². The lowest BCUT2D eigenvalue weighted by molar-refractivity contribution is 0.0724. The van der Waals surface area contributed by atoms with E-state index in [1.54, 1.807) is 4.68 Å². The van der Waals surface area contributed by atoms with Crippen LogP contribution in [0.4, 0.5) is 0 Å². The number of halogens is 2. The smallest absolute Gasteiger partial charge is 0.256 e. The minimum absolute atomic E-state index is 0.115. The van der Waals surface area contributed by atoms with E-state index in [1.807, 2.05) is 75.2 Å². The lowest BCUT2D eigenvalue weighted by Crippen LogP contribution is -2.38. The molecule has 0 aliphatic carbocycles. The molecule has 1 amide bonds. The van der Waals surface area contributed by atoms with Crippen LogP contribution in [-0.2, 0) is 26.6 Å². The third-order valence-electron chi connectivity index (χ3n) is 6.71. The Labute approximate surface area is 229 Å². The van der Waals surface area contributed by atoms with Crippen LogP contribution in [-0.4, -0.2) is 37.3 Å². The molecule has 3 heterocycles. The fourth-order valence-electron chi connectivity index (χ4n) is 4.85. The van der Waals surface area contributed by atoms with Gasteiger partial charge in [0.05, 0.1) is 28.5 Å². The lowest BCUT2D eigenvalue weighted by atomic mass is 9.94. The van der Waals surface area contributed by atoms with Crippen LogP contribution in [0, 0.1) is 20.8 Å². The van der Waals surface area contributed by atoms with Gasteiger partial charge in [0.1, 0.15) is 6.61 Å². The highest BCUT2D eigenvalue weighted by Gasteiger charge is 2.32. The van der Waals surface area contributed by atoms with Gasteiger partial charge in [0.15, 0.2) is 0 Å². The first-order chi connectivity index (χ1) is 17.7. The zero-order valence-corrected chi connectivity index (χ0v) is 23.5. The maximum Gasteiger partial charge on any atom is 0.256 e. The Balaban J connectivity index is 1.48. The minimum atomic E-state index is -0.115. The molecule has 9 heteroatoms. The van der Waals surface area contributed by atoms with E-state index < -0.39 is 0 Å². The van der Waals surface area contributed by atoms with Gasteiger partial charge in [-0.1, -0.05) is 63.1 Å². The summed E-state index contributed by atoms with van der Waals surface area (Å²) < 4.78 is 8.70. The van der Waals surface area contributed by atoms with Gasteiger partial charge in [0.25, 0.3) is 5.91 Å². The van der Waals surface area contributed by atoms with Crippen molar-refractivity contribution in [3.05, 3.63) is 91.2 Å². The van der Waals surface area contributed by atoms with Crippen LogP contribution in [0.15, 0.2) is 46.9 Å². The Morgan fingerprint density at radius 3 is 2.59 bits per heavy atom. The molecule has 0 radical (unpaired) electrons. The molecule has 5 rings (SSSR count). The van der Waals surface area contributed by atoms with Gasteiger partial charge in [-0.15, -0.1) is 5.10 Å². The third-order valence-corrected chi connectivity index (χ3v) is 7.81. The summed E-state index contributed by atoms with van der Waals surface area (Å²) in [5, 5.41) is 8.68. The van der Waals surface area contributed by atoms with Gasteiger partial charge >= 0.3 is 0 Å². The van der Waals surface area contributed by atoms with E-state index in [-0.39, 0.29) is 5.91 Å². The number of amides is 1. The van der Waals surface area contributed by atoms with E-state index in [0.717, 1.165) is 49.4 Å². The van der Waals surface area contributed by atoms with Crippen LogP contribution in [0.1, 0.15) is 44.0 Å². The molecular formula is C28H27BrClN5O2. The maximum absolute atomic E-state index is 13.9. The molecule has 190 valence electrons. The Morgan fingerprint density at radius 2 is 1.89 bits per heavy atom. The van der Waals surface area contributed by atoms with Crippen molar-refractivity contribution in [2.75, 3.05) is 6.54 Å². The topological polar surface area (TPSA) is 73.1 Å². The largest absolute Gasteiger partial charge is 0.473 e. The average molecular weight is 581 g/mol. The first-order valence-electron chi connectivity index (χ1n) is 12.0. The highest BCUT2D eigenvalue weighted by Crippen LogP contribution is 2.40. The van der Waals surface area contributed by atoms with Crippen LogP contribution < -0.4 is 4.74 Å². The second kappa shape index (κ2) is 10.3. The van der Waals surface area contributed by atoms with Crippen molar-refractivity contribution in [1.29, 1.82) is 0 Å². The molecule has 1 aliphatic rings. The minimum Gasteiger partial charge on any atom is -0.473 e. The highest BCUT2D eigenvalue weighted by molar-refractivity contribution is 9.10. The average Bonchev–Trinajstić information content (AvgIpc) is 3.20. The number of aryl methyl sites for hydroxylation is 4. The number of aromatic nitrogens is 4. The Hall–Kier alpha value is -3.23. The standard InChI is InChI=1S/C28H27BrClN5O2/c1-16-12-17(2)31-27(37-15-19-8-6-5-7-9-19)22(16)14-35-11-10-20-23(29)13-21(25(30)24(20)28(35)36)26-18(3)32-33-34(26)4/h5-9,12-13H,10-11,14-15H2,1-4H3. The lowest BCUT2D eigenvalue weighted by Gasteiger charge is -2.31. The highest BCUT2D eigenvalue weighted by atomic mass is 79.9. The number of carbonyl (C=O) groups excluding carboxylic acids is 1. The summed E-state index contributed by atoms with van der Waals surface area (Å²) in [7, 11) is 1.82. The first-order valence-corrected chi connectivity index (χ1v) is 13.2. The molecule has 0 saturated carbocycles. The van der Waals surface area contributed by atoms with Gasteiger partial charge < -0.3 is 9.64 Å². The molecule has 0 fully saturated rings. The quantitative estimate of drug-likeness (QED) is 0.280. The molecular weight excluding hydrogens is 554 g/mol. The van der Waals surface area contributed by atoms with Crippen LogP contribution in [0.2, 0.25) is 5.02 Å². The fraction of sp³-hybridized carbons (Fsp3) is 0.286. The molecule has 2 aromatic carbocycles. The van der Waals surface area contributed by atoms with E-state index in [9.17, 15) is 4.79 Å². The van der Waals surface area contributed by atoms with Gasteiger partial charge in [-0.25, -0.2) is 9.67 Å². The summed E-state index contributed by atoms with van der Waals surface area (Å²) in [5.41, 5.74) is 7.56. The molecule has 0 unspecified atom stereocenters. The fourth-order valence-corrected chi connectivity index (χ4v) is 5.81. The normalized spacial score (nSPS) is 13.1. The summed E-state index contributed by atoms with van der Waals surface area (Å²) >= 11 is 10.6. The molecule has 7 nitrogen and oxygen atoms in total. The van der Waals surface area contributed by atoms with Gasteiger partial charge in [0, 0.05) is 34.9 Å². The van der Waals surface area contributed by atoms with E-state index in [4.69, 9.17) is 16.3 Å². The van der Waals surface area contributed by atoms with Crippen LogP contribution >= 0.6 is 27.5 Å². The number of hydrogen-bond acceptors (Lipinski definition) is 5. The van der Waals surface area contributed by atoms with Gasteiger partial charge in [-0.3, -0.25) is 4.79 Å². The SMILES string of the molecule is Cc1cc(C)c(CN2CCc3c(Br)cc(-c4c(C)nnn4C)c(Cl)c3C2=O)c(OCc2ccccc2)n1. The second-order valence-corrected chi connectivity index (χ2v) is 10.6. The summed E-state index contributed by atoms with van der Waals surface area (Å²) in [6.07, 6.45) is 0.683. The molecule has 0 saturated heterocycles. The summed E-state index contributed by atoms with van der Waals surface area (Å²) in [6, 6.07) is 14.0. The molecule has 1 aliphatic heterocycles. The number of rotatable bonds is 6. The van der Waals surface area contributed by atoms with E-state index in [2.05, 4.69) is 31.2 Å². The van der Waals surface area contributed by atoms with Gasteiger partial charge in [0.2, 0.25) is 5.88 Å². The predicted molar refractivity (Wildman–Crippen MR) is 147 cm³/mol. The Morgan fingerprint density at radius 1 is 1.14 bits per heavy atom. The van der Waals surface area contributed by atoms with Crippen molar-refractivity contribution in [2.24, 2.45) is 7.05 Å². The molecule has 0 spiro atoms. The Bertz CT molecular complexity index is 1480. The number of benzene rings is 2. The second-order valence-electron chi connectivity index (χ2n) is 9.34.